The first-order chi connectivity index (χ1) is 5.63. The summed E-state index contributed by atoms with van der Waals surface area (Å²) in [7, 11) is 0. The van der Waals surface area contributed by atoms with Crippen LogP contribution < -0.4 is 5.32 Å². The van der Waals surface area contributed by atoms with Crippen molar-refractivity contribution >= 4 is 0 Å². The van der Waals surface area contributed by atoms with Crippen molar-refractivity contribution in [2.24, 2.45) is 5.41 Å². The fourth-order valence-electron chi connectivity index (χ4n) is 0.963. The second-order valence-corrected chi connectivity index (χ2v) is 5.78. The lowest BCUT2D eigenvalue weighted by atomic mass is 9.85. The van der Waals surface area contributed by atoms with Crippen molar-refractivity contribution in [3.63, 3.8) is 0 Å². The minimum absolute atomic E-state index is 0.220. The van der Waals surface area contributed by atoms with Crippen LogP contribution in [0.1, 0.15) is 48.0 Å². The van der Waals surface area contributed by atoms with Gasteiger partial charge in [-0.25, -0.2) is 0 Å². The maximum atomic E-state index is 4.11. The van der Waals surface area contributed by atoms with Crippen LogP contribution in [0.5, 0.6) is 0 Å². The average Bonchev–Trinajstić information content (AvgIpc) is 1.82. The molecule has 0 aromatic carbocycles. The maximum absolute atomic E-state index is 4.11. The van der Waals surface area contributed by atoms with Gasteiger partial charge in [-0.3, -0.25) is 0 Å². The van der Waals surface area contributed by atoms with Crippen LogP contribution in [0.3, 0.4) is 0 Å². The molecule has 78 valence electrons. The van der Waals surface area contributed by atoms with E-state index in [-0.39, 0.29) is 11.0 Å². The van der Waals surface area contributed by atoms with E-state index in [0.717, 1.165) is 13.0 Å². The fourth-order valence-corrected chi connectivity index (χ4v) is 0.963. The zero-order chi connectivity index (χ0) is 10.7. The van der Waals surface area contributed by atoms with Crippen LogP contribution in [0.2, 0.25) is 0 Å². The summed E-state index contributed by atoms with van der Waals surface area (Å²) in [5.74, 6) is 0. The molecule has 13 heavy (non-hydrogen) atoms. The summed E-state index contributed by atoms with van der Waals surface area (Å²) in [4.78, 5) is 0. The number of nitrogens with one attached hydrogen (secondary N) is 1. The van der Waals surface area contributed by atoms with E-state index in [1.807, 2.05) is 0 Å². The molecule has 0 aromatic rings. The van der Waals surface area contributed by atoms with Crippen molar-refractivity contribution in [3.8, 4) is 0 Å². The summed E-state index contributed by atoms with van der Waals surface area (Å²) in [6.45, 7) is 18.3. The molecular weight excluding hydrogens is 158 g/mol. The van der Waals surface area contributed by atoms with Gasteiger partial charge in [0.1, 0.15) is 0 Å². The number of rotatable bonds is 3. The zero-order valence-electron chi connectivity index (χ0n) is 10.1. The van der Waals surface area contributed by atoms with Gasteiger partial charge in [-0.2, -0.15) is 0 Å². The summed E-state index contributed by atoms with van der Waals surface area (Å²) in [5, 5.41) is 3.46. The Morgan fingerprint density at radius 3 is 1.85 bits per heavy atom. The highest BCUT2D eigenvalue weighted by molar-refractivity contribution is 5.05. The van der Waals surface area contributed by atoms with Gasteiger partial charge in [0.15, 0.2) is 0 Å². The molecule has 0 spiro atoms. The lowest BCUT2D eigenvalue weighted by Gasteiger charge is -2.25. The largest absolute Gasteiger partial charge is 0.312 e. The standard InChI is InChI=1S/C12H25N/c1-10(11(2,3)4)8-9-13-12(5,6)7/h13H,1,8-9H2,2-7H3. The van der Waals surface area contributed by atoms with Gasteiger partial charge in [0.25, 0.3) is 0 Å². The Hall–Kier alpha value is -0.300. The van der Waals surface area contributed by atoms with Crippen LogP contribution in [0.25, 0.3) is 0 Å². The van der Waals surface area contributed by atoms with E-state index >= 15 is 0 Å². The van der Waals surface area contributed by atoms with Gasteiger partial charge in [-0.05, 0) is 39.2 Å². The average molecular weight is 183 g/mol. The second-order valence-electron chi connectivity index (χ2n) is 5.78. The number of hydrogen-bond acceptors (Lipinski definition) is 1. The molecule has 0 heterocycles. The van der Waals surface area contributed by atoms with Crippen LogP contribution in [-0.2, 0) is 0 Å². The Kier molecular flexibility index (Phi) is 4.18. The molecule has 0 radical (unpaired) electrons. The predicted molar refractivity (Wildman–Crippen MR) is 61.0 cm³/mol. The first-order valence-electron chi connectivity index (χ1n) is 5.06. The third-order valence-electron chi connectivity index (χ3n) is 2.14. The highest BCUT2D eigenvalue weighted by Crippen LogP contribution is 2.25. The summed E-state index contributed by atoms with van der Waals surface area (Å²) < 4.78 is 0. The lowest BCUT2D eigenvalue weighted by molar-refractivity contribution is 0.411. The Balaban J connectivity index is 3.74. The van der Waals surface area contributed by atoms with Gasteiger partial charge >= 0.3 is 0 Å². The van der Waals surface area contributed by atoms with Crippen LogP contribution >= 0.6 is 0 Å². The Labute approximate surface area is 83.6 Å². The molecule has 1 N–H and O–H groups in total. The monoisotopic (exact) mass is 183 g/mol. The van der Waals surface area contributed by atoms with Crippen LogP contribution in [-0.4, -0.2) is 12.1 Å². The maximum Gasteiger partial charge on any atom is 0.00966 e. The summed E-state index contributed by atoms with van der Waals surface area (Å²) in [6, 6.07) is 0. The molecule has 1 nitrogen and oxygen atoms in total. The zero-order valence-corrected chi connectivity index (χ0v) is 10.1. The van der Waals surface area contributed by atoms with Gasteiger partial charge < -0.3 is 5.32 Å². The van der Waals surface area contributed by atoms with E-state index in [1.165, 1.54) is 5.57 Å². The Morgan fingerprint density at radius 1 is 1.08 bits per heavy atom. The molecule has 0 bridgehead atoms. The highest BCUT2D eigenvalue weighted by atomic mass is 14.9. The molecule has 0 saturated carbocycles. The summed E-state index contributed by atoms with van der Waals surface area (Å²) in [5.41, 5.74) is 1.79. The van der Waals surface area contributed by atoms with Gasteiger partial charge in [-0.15, -0.1) is 0 Å². The first-order valence-corrected chi connectivity index (χ1v) is 5.06. The first kappa shape index (κ1) is 12.7. The van der Waals surface area contributed by atoms with E-state index in [2.05, 4.69) is 53.4 Å². The Bertz CT molecular complexity index is 167. The van der Waals surface area contributed by atoms with E-state index < -0.39 is 0 Å². The quantitative estimate of drug-likeness (QED) is 0.661. The topological polar surface area (TPSA) is 12.0 Å². The van der Waals surface area contributed by atoms with E-state index in [9.17, 15) is 0 Å². The smallest absolute Gasteiger partial charge is 0.00966 e. The lowest BCUT2D eigenvalue weighted by Crippen LogP contribution is -2.36. The normalized spacial score (nSPS) is 13.1. The van der Waals surface area contributed by atoms with E-state index in [4.69, 9.17) is 0 Å². The third-order valence-corrected chi connectivity index (χ3v) is 2.14. The molecule has 0 aliphatic carbocycles. The van der Waals surface area contributed by atoms with Crippen LogP contribution in [0.15, 0.2) is 12.2 Å². The van der Waals surface area contributed by atoms with E-state index in [1.54, 1.807) is 0 Å². The molecule has 0 rings (SSSR count). The van der Waals surface area contributed by atoms with Crippen molar-refractivity contribution in [1.82, 2.24) is 5.32 Å². The summed E-state index contributed by atoms with van der Waals surface area (Å²) >= 11 is 0. The third kappa shape index (κ3) is 6.83. The van der Waals surface area contributed by atoms with Crippen molar-refractivity contribution in [1.29, 1.82) is 0 Å². The van der Waals surface area contributed by atoms with Crippen molar-refractivity contribution in [3.05, 3.63) is 12.2 Å². The van der Waals surface area contributed by atoms with Crippen LogP contribution in [0, 0.1) is 5.41 Å². The van der Waals surface area contributed by atoms with Crippen molar-refractivity contribution in [2.45, 2.75) is 53.5 Å². The molecule has 0 amide bonds. The second kappa shape index (κ2) is 4.28. The van der Waals surface area contributed by atoms with E-state index in [0.29, 0.717) is 0 Å². The van der Waals surface area contributed by atoms with Gasteiger partial charge in [0.05, 0.1) is 0 Å². The predicted octanol–water partition coefficient (Wildman–Crippen LogP) is 3.37. The highest BCUT2D eigenvalue weighted by Gasteiger charge is 2.15. The molecular formula is C12H25N. The molecule has 1 heteroatoms. The van der Waals surface area contributed by atoms with Gasteiger partial charge in [-0.1, -0.05) is 32.9 Å². The fraction of sp³-hybridized carbons (Fsp3) is 0.833. The van der Waals surface area contributed by atoms with Gasteiger partial charge in [0.2, 0.25) is 0 Å². The minimum Gasteiger partial charge on any atom is -0.312 e. The Morgan fingerprint density at radius 2 is 1.54 bits per heavy atom. The molecule has 0 aliphatic heterocycles. The molecule has 0 unspecified atom stereocenters. The molecule has 0 aromatic heterocycles. The minimum atomic E-state index is 0.220. The molecule has 0 aliphatic rings. The number of hydrogen-bond donors (Lipinski definition) is 1. The summed E-state index contributed by atoms with van der Waals surface area (Å²) in [6.07, 6.45) is 1.07. The van der Waals surface area contributed by atoms with Crippen LogP contribution in [0.4, 0.5) is 0 Å². The van der Waals surface area contributed by atoms with Crippen molar-refractivity contribution in [2.75, 3.05) is 6.54 Å². The molecule has 0 fully saturated rings. The van der Waals surface area contributed by atoms with Crippen molar-refractivity contribution < 1.29 is 0 Å². The SMILES string of the molecule is C=C(CCNC(C)(C)C)C(C)(C)C. The molecule has 0 saturated heterocycles. The van der Waals surface area contributed by atoms with Gasteiger partial charge in [0, 0.05) is 5.54 Å². The molecule has 0 atom stereocenters.